The quantitative estimate of drug-likeness (QED) is 0.428. The summed E-state index contributed by atoms with van der Waals surface area (Å²) in [4.78, 5) is 0. The van der Waals surface area contributed by atoms with E-state index in [2.05, 4.69) is 0 Å². The van der Waals surface area contributed by atoms with Gasteiger partial charge in [0.1, 0.15) is 22.5 Å². The Morgan fingerprint density at radius 3 is 1.43 bits per heavy atom. The number of halogens is 3. The lowest BCUT2D eigenvalue weighted by Crippen LogP contribution is -1.99. The molecule has 0 nitrogen and oxygen atoms in total. The first-order chi connectivity index (χ1) is 2.94. The van der Waals surface area contributed by atoms with Crippen LogP contribution in [0.25, 0.3) is 0 Å². The smallest absolute Gasteiger partial charge is 0.0727 e. The molecule has 4 heteroatoms. The third-order valence-electron chi connectivity index (χ3n) is 0.449. The highest BCUT2D eigenvalue weighted by atomic mass is 35.9. The van der Waals surface area contributed by atoms with Gasteiger partial charge in [0.05, 0.1) is 0 Å². The van der Waals surface area contributed by atoms with Crippen molar-refractivity contribution in [2.24, 2.45) is 0 Å². The predicted molar refractivity (Wildman–Crippen MR) is 40.0 cm³/mol. The Kier molecular flexibility index (Phi) is 3.24. The summed E-state index contributed by atoms with van der Waals surface area (Å²) in [5.74, 6) is 0. The van der Waals surface area contributed by atoms with E-state index in [-0.39, 0.29) is 0 Å². The highest BCUT2D eigenvalue weighted by Crippen LogP contribution is 2.60. The van der Waals surface area contributed by atoms with E-state index >= 15 is 0 Å². The predicted octanol–water partition coefficient (Wildman–Crippen LogP) is 3.48. The molecule has 0 saturated heterocycles. The van der Waals surface area contributed by atoms with Gasteiger partial charge in [-0.3, -0.25) is 0 Å². The molecule has 0 aromatic rings. The maximum atomic E-state index is 5.65. The second kappa shape index (κ2) is 2.73. The van der Waals surface area contributed by atoms with E-state index in [9.17, 15) is 0 Å². The fourth-order valence-corrected chi connectivity index (χ4v) is 0. The SMILES string of the molecule is CC(C)(Cl)[PH+](Cl)Cl. The van der Waals surface area contributed by atoms with E-state index < -0.39 is 11.2 Å². The van der Waals surface area contributed by atoms with Crippen LogP contribution in [-0.2, 0) is 0 Å². The van der Waals surface area contributed by atoms with Gasteiger partial charge in [-0.15, -0.1) is 0 Å². The van der Waals surface area contributed by atoms with Gasteiger partial charge in [0, 0.05) is 0 Å². The van der Waals surface area contributed by atoms with Crippen molar-refractivity contribution < 1.29 is 0 Å². The molecule has 0 aliphatic rings. The van der Waals surface area contributed by atoms with Crippen molar-refractivity contribution >= 4 is 40.7 Å². The van der Waals surface area contributed by atoms with Crippen molar-refractivity contribution in [2.45, 2.75) is 18.5 Å². The average Bonchev–Trinajstić information content (AvgIpc) is 1.31. The maximum Gasteiger partial charge on any atom is 0.219 e. The van der Waals surface area contributed by atoms with Gasteiger partial charge >= 0.3 is 0 Å². The van der Waals surface area contributed by atoms with Crippen LogP contribution < -0.4 is 0 Å². The highest BCUT2D eigenvalue weighted by Gasteiger charge is 2.31. The van der Waals surface area contributed by atoms with Crippen molar-refractivity contribution in [2.75, 3.05) is 0 Å². The molecule has 7 heavy (non-hydrogen) atoms. The lowest BCUT2D eigenvalue weighted by Gasteiger charge is -2.05. The fraction of sp³-hybridized carbons (Fsp3) is 1.00. The monoisotopic (exact) mass is 179 g/mol. The molecule has 0 aromatic heterocycles. The average molecular weight is 180 g/mol. The summed E-state index contributed by atoms with van der Waals surface area (Å²) >= 11 is 16.6. The van der Waals surface area contributed by atoms with Crippen LogP contribution in [0.15, 0.2) is 0 Å². The first kappa shape index (κ1) is 8.30. The van der Waals surface area contributed by atoms with E-state index in [4.69, 9.17) is 34.1 Å². The molecule has 0 spiro atoms. The molecule has 0 N–H and O–H groups in total. The van der Waals surface area contributed by atoms with Crippen LogP contribution in [-0.4, -0.2) is 4.62 Å². The minimum absolute atomic E-state index is 0.395. The van der Waals surface area contributed by atoms with E-state index in [0.717, 1.165) is 0 Å². The fourth-order valence-electron chi connectivity index (χ4n) is 0. The Morgan fingerprint density at radius 1 is 1.29 bits per heavy atom. The molecule has 0 saturated carbocycles. The zero-order valence-electron chi connectivity index (χ0n) is 4.13. The van der Waals surface area contributed by atoms with Gasteiger partial charge in [-0.05, 0) is 13.8 Å². The zero-order chi connectivity index (χ0) is 6.08. The van der Waals surface area contributed by atoms with Gasteiger partial charge in [0.2, 0.25) is 6.63 Å². The lowest BCUT2D eigenvalue weighted by atomic mass is 10.6. The van der Waals surface area contributed by atoms with Gasteiger partial charge < -0.3 is 0 Å². The maximum absolute atomic E-state index is 5.65. The van der Waals surface area contributed by atoms with Crippen LogP contribution in [0.1, 0.15) is 13.8 Å². The van der Waals surface area contributed by atoms with Gasteiger partial charge in [0.15, 0.2) is 4.62 Å². The Balaban J connectivity index is 3.54. The topological polar surface area (TPSA) is 0 Å². The van der Waals surface area contributed by atoms with E-state index in [0.29, 0.717) is 0 Å². The summed E-state index contributed by atoms with van der Waals surface area (Å²) in [7, 11) is 0. The second-order valence-electron chi connectivity index (χ2n) is 1.73. The molecular formula is C3H7Cl3P+. The van der Waals surface area contributed by atoms with Crippen molar-refractivity contribution in [1.29, 1.82) is 0 Å². The van der Waals surface area contributed by atoms with Crippen LogP contribution in [0.4, 0.5) is 0 Å². The van der Waals surface area contributed by atoms with Crippen LogP contribution in [0, 0.1) is 0 Å². The van der Waals surface area contributed by atoms with Crippen molar-refractivity contribution in [1.82, 2.24) is 0 Å². The van der Waals surface area contributed by atoms with Crippen molar-refractivity contribution in [3.8, 4) is 0 Å². The molecular weight excluding hydrogens is 173 g/mol. The first-order valence-electron chi connectivity index (χ1n) is 1.82. The minimum Gasteiger partial charge on any atom is -0.0727 e. The molecule has 0 aliphatic heterocycles. The lowest BCUT2D eigenvalue weighted by molar-refractivity contribution is 1.01. The van der Waals surface area contributed by atoms with E-state index in [1.165, 1.54) is 0 Å². The Labute approximate surface area is 59.5 Å². The zero-order valence-corrected chi connectivity index (χ0v) is 7.40. The summed E-state index contributed by atoms with van der Waals surface area (Å²) in [6.07, 6.45) is 0. The highest BCUT2D eigenvalue weighted by molar-refractivity contribution is 8.05. The summed E-state index contributed by atoms with van der Waals surface area (Å²) < 4.78 is -0.395. The molecule has 0 rings (SSSR count). The minimum atomic E-state index is -1.34. The number of alkyl halides is 1. The summed E-state index contributed by atoms with van der Waals surface area (Å²) in [6.45, 7) is 2.28. The van der Waals surface area contributed by atoms with Crippen molar-refractivity contribution in [3.63, 3.8) is 0 Å². The summed E-state index contributed by atoms with van der Waals surface area (Å²) in [5.41, 5.74) is 0. The molecule has 0 aliphatic carbocycles. The number of rotatable bonds is 1. The Hall–Kier alpha value is 1.30. The van der Waals surface area contributed by atoms with Crippen LogP contribution in [0.2, 0.25) is 0 Å². The molecule has 0 unspecified atom stereocenters. The normalized spacial score (nSPS) is 12.9. The number of hydrogen-bond donors (Lipinski definition) is 0. The van der Waals surface area contributed by atoms with Crippen molar-refractivity contribution in [3.05, 3.63) is 0 Å². The summed E-state index contributed by atoms with van der Waals surface area (Å²) in [5, 5.41) is 0. The van der Waals surface area contributed by atoms with E-state index in [1.807, 2.05) is 13.8 Å². The van der Waals surface area contributed by atoms with Gasteiger partial charge in [-0.2, -0.15) is 0 Å². The van der Waals surface area contributed by atoms with Crippen LogP contribution in [0.5, 0.6) is 0 Å². The van der Waals surface area contributed by atoms with Gasteiger partial charge in [0.25, 0.3) is 0 Å². The third kappa shape index (κ3) is 3.85. The Morgan fingerprint density at radius 2 is 1.43 bits per heavy atom. The van der Waals surface area contributed by atoms with Gasteiger partial charge in [-0.1, -0.05) is 11.6 Å². The second-order valence-corrected chi connectivity index (χ2v) is 7.61. The molecule has 0 atom stereocenters. The van der Waals surface area contributed by atoms with E-state index in [1.54, 1.807) is 0 Å². The standard InChI is InChI=1S/C3H6Cl3P/c1-3(2,4)7(5)6/h1-2H3/p+1. The molecule has 0 bridgehead atoms. The molecule has 0 amide bonds. The van der Waals surface area contributed by atoms with Crippen LogP contribution in [0.3, 0.4) is 0 Å². The third-order valence-corrected chi connectivity index (χ3v) is 5.33. The molecule has 0 radical (unpaired) electrons. The first-order valence-corrected chi connectivity index (χ1v) is 5.72. The molecule has 0 fully saturated rings. The summed E-state index contributed by atoms with van der Waals surface area (Å²) in [6, 6.07) is 0. The van der Waals surface area contributed by atoms with Gasteiger partial charge in [-0.25, -0.2) is 0 Å². The molecule has 0 heterocycles. The number of hydrogen-bond acceptors (Lipinski definition) is 0. The molecule has 44 valence electrons. The largest absolute Gasteiger partial charge is 0.219 e. The molecule has 0 aromatic carbocycles. The van der Waals surface area contributed by atoms with Crippen LogP contribution >= 0.6 is 40.7 Å². The Bertz CT molecular complexity index is 55.7.